The Hall–Kier alpha value is -1.45. The van der Waals surface area contributed by atoms with E-state index >= 15 is 0 Å². The van der Waals surface area contributed by atoms with E-state index in [9.17, 15) is 12.8 Å². The highest BCUT2D eigenvalue weighted by atomic mass is 32.2. The van der Waals surface area contributed by atoms with Gasteiger partial charge in [0, 0.05) is 5.54 Å². The van der Waals surface area contributed by atoms with E-state index < -0.39 is 26.8 Å². The molecule has 0 radical (unpaired) electrons. The molecule has 21 heavy (non-hydrogen) atoms. The van der Waals surface area contributed by atoms with Crippen molar-refractivity contribution in [3.05, 3.63) is 29.6 Å². The van der Waals surface area contributed by atoms with Gasteiger partial charge in [0.25, 0.3) is 0 Å². The Balaban J connectivity index is 3.12. The Morgan fingerprint density at radius 1 is 1.24 bits per heavy atom. The molecule has 1 rings (SSSR count). The summed E-state index contributed by atoms with van der Waals surface area (Å²) in [7, 11) is -3.76. The van der Waals surface area contributed by atoms with Gasteiger partial charge in [-0.05, 0) is 58.7 Å². The van der Waals surface area contributed by atoms with Gasteiger partial charge < -0.3 is 0 Å². The first kappa shape index (κ1) is 17.6. The predicted octanol–water partition coefficient (Wildman–Crippen LogP) is 2.99. The number of nitrogens with zero attached hydrogens (tertiary/aromatic N) is 1. The summed E-state index contributed by atoms with van der Waals surface area (Å²) in [5.41, 5.74) is -1.02. The van der Waals surface area contributed by atoms with Crippen LogP contribution in [0.3, 0.4) is 0 Å². The molecule has 0 aliphatic heterocycles. The summed E-state index contributed by atoms with van der Waals surface area (Å²) in [5.74, 6) is -0.616. The molecule has 1 N–H and O–H groups in total. The maximum atomic E-state index is 14.1. The molecule has 0 aromatic heterocycles. The Bertz CT molecular complexity index is 668. The standard InChI is InChI=1S/C15H21FN2O2S/c1-14(2,3)18-21(19,20)12-7-6-11(13(16)8-12)9-15(4,5)10-17/h6-8,18H,9H2,1-5H3. The van der Waals surface area contributed by atoms with Gasteiger partial charge in [0.1, 0.15) is 5.82 Å². The van der Waals surface area contributed by atoms with Crippen LogP contribution in [0.5, 0.6) is 0 Å². The molecule has 0 bridgehead atoms. The van der Waals surface area contributed by atoms with Crippen LogP contribution in [-0.4, -0.2) is 14.0 Å². The van der Waals surface area contributed by atoms with Crippen molar-refractivity contribution in [3.8, 4) is 6.07 Å². The van der Waals surface area contributed by atoms with E-state index in [2.05, 4.69) is 10.8 Å². The first-order valence-electron chi connectivity index (χ1n) is 6.60. The van der Waals surface area contributed by atoms with Crippen molar-refractivity contribution < 1.29 is 12.8 Å². The highest BCUT2D eigenvalue weighted by Crippen LogP contribution is 2.24. The van der Waals surface area contributed by atoms with Crippen LogP contribution in [0.25, 0.3) is 0 Å². The lowest BCUT2D eigenvalue weighted by atomic mass is 9.87. The number of nitriles is 1. The summed E-state index contributed by atoms with van der Waals surface area (Å²) >= 11 is 0. The number of halogens is 1. The second-order valence-electron chi connectivity index (χ2n) is 6.78. The summed E-state index contributed by atoms with van der Waals surface area (Å²) in [4.78, 5) is -0.117. The minimum absolute atomic E-state index is 0.117. The summed E-state index contributed by atoms with van der Waals surface area (Å²) in [6.45, 7) is 8.55. The molecule has 0 aliphatic carbocycles. The van der Waals surface area contributed by atoms with Crippen LogP contribution in [0.2, 0.25) is 0 Å². The number of hydrogen-bond donors (Lipinski definition) is 1. The summed E-state index contributed by atoms with van der Waals surface area (Å²) in [5, 5.41) is 8.98. The van der Waals surface area contributed by atoms with Gasteiger partial charge >= 0.3 is 0 Å². The largest absolute Gasteiger partial charge is 0.241 e. The second kappa shape index (κ2) is 5.74. The zero-order chi connectivity index (χ0) is 16.5. The Morgan fingerprint density at radius 3 is 2.24 bits per heavy atom. The number of nitrogens with one attached hydrogen (secondary N) is 1. The van der Waals surface area contributed by atoms with Crippen molar-refractivity contribution in [3.63, 3.8) is 0 Å². The quantitative estimate of drug-likeness (QED) is 0.929. The average molecular weight is 312 g/mol. The van der Waals surface area contributed by atoms with Gasteiger partial charge in [0.2, 0.25) is 10.0 Å². The fourth-order valence-corrected chi connectivity index (χ4v) is 3.25. The molecule has 6 heteroatoms. The molecule has 1 aromatic carbocycles. The Morgan fingerprint density at radius 2 is 1.81 bits per heavy atom. The summed E-state index contributed by atoms with van der Waals surface area (Å²) in [6.07, 6.45) is 0.225. The smallest absolute Gasteiger partial charge is 0.207 e. The van der Waals surface area contributed by atoms with Crippen LogP contribution in [0, 0.1) is 22.6 Å². The maximum absolute atomic E-state index is 14.1. The maximum Gasteiger partial charge on any atom is 0.241 e. The van der Waals surface area contributed by atoms with Gasteiger partial charge in [0.05, 0.1) is 16.4 Å². The number of sulfonamides is 1. The second-order valence-corrected chi connectivity index (χ2v) is 8.46. The predicted molar refractivity (Wildman–Crippen MR) is 79.6 cm³/mol. The van der Waals surface area contributed by atoms with Gasteiger partial charge in [-0.2, -0.15) is 5.26 Å². The van der Waals surface area contributed by atoms with Crippen LogP contribution in [0.1, 0.15) is 40.2 Å². The highest BCUT2D eigenvalue weighted by Gasteiger charge is 2.24. The van der Waals surface area contributed by atoms with Crippen molar-refractivity contribution in [2.45, 2.75) is 51.5 Å². The van der Waals surface area contributed by atoms with E-state index in [0.717, 1.165) is 6.07 Å². The third-order valence-corrected chi connectivity index (χ3v) is 4.47. The number of hydrogen-bond acceptors (Lipinski definition) is 3. The Labute approximate surface area is 126 Å². The van der Waals surface area contributed by atoms with Crippen molar-refractivity contribution >= 4 is 10.0 Å². The highest BCUT2D eigenvalue weighted by molar-refractivity contribution is 7.89. The zero-order valence-corrected chi connectivity index (χ0v) is 13.8. The van der Waals surface area contributed by atoms with E-state index in [-0.39, 0.29) is 11.3 Å². The van der Waals surface area contributed by atoms with Crippen LogP contribution in [-0.2, 0) is 16.4 Å². The molecule has 4 nitrogen and oxygen atoms in total. The van der Waals surface area contributed by atoms with E-state index in [1.807, 2.05) is 0 Å². The van der Waals surface area contributed by atoms with E-state index in [4.69, 9.17) is 5.26 Å². The lowest BCUT2D eigenvalue weighted by Gasteiger charge is -2.21. The number of benzene rings is 1. The van der Waals surface area contributed by atoms with E-state index in [1.165, 1.54) is 12.1 Å². The molecule has 0 unspecified atom stereocenters. The van der Waals surface area contributed by atoms with Crippen LogP contribution in [0.4, 0.5) is 4.39 Å². The Kier molecular flexibility index (Phi) is 4.81. The summed E-state index contributed by atoms with van der Waals surface area (Å²) < 4.78 is 40.8. The van der Waals surface area contributed by atoms with E-state index in [0.29, 0.717) is 5.56 Å². The molecule has 0 amide bonds. The lowest BCUT2D eigenvalue weighted by Crippen LogP contribution is -2.40. The third kappa shape index (κ3) is 5.10. The number of rotatable bonds is 4. The molecular weight excluding hydrogens is 291 g/mol. The van der Waals surface area contributed by atoms with Gasteiger partial charge in [-0.3, -0.25) is 0 Å². The van der Waals surface area contributed by atoms with Crippen molar-refractivity contribution in [2.24, 2.45) is 5.41 Å². The first-order chi connectivity index (χ1) is 9.36. The van der Waals surface area contributed by atoms with Crippen LogP contribution >= 0.6 is 0 Å². The van der Waals surface area contributed by atoms with Crippen molar-refractivity contribution in [1.82, 2.24) is 4.72 Å². The monoisotopic (exact) mass is 312 g/mol. The molecular formula is C15H21FN2O2S. The van der Waals surface area contributed by atoms with Gasteiger partial charge in [-0.25, -0.2) is 17.5 Å². The molecule has 0 saturated heterocycles. The molecule has 0 atom stereocenters. The van der Waals surface area contributed by atoms with Gasteiger partial charge in [-0.1, -0.05) is 6.07 Å². The average Bonchev–Trinajstić information content (AvgIpc) is 2.28. The lowest BCUT2D eigenvalue weighted by molar-refractivity contribution is 0.474. The molecule has 0 spiro atoms. The first-order valence-corrected chi connectivity index (χ1v) is 8.08. The third-order valence-electron chi connectivity index (χ3n) is 2.71. The fraction of sp³-hybridized carbons (Fsp3) is 0.533. The zero-order valence-electron chi connectivity index (χ0n) is 13.0. The SMILES string of the molecule is CC(C)(C#N)Cc1ccc(S(=O)(=O)NC(C)(C)C)cc1F. The fourth-order valence-electron chi connectivity index (χ4n) is 1.82. The van der Waals surface area contributed by atoms with Crippen LogP contribution in [0.15, 0.2) is 23.1 Å². The van der Waals surface area contributed by atoms with Crippen molar-refractivity contribution in [2.75, 3.05) is 0 Å². The molecule has 1 aromatic rings. The minimum Gasteiger partial charge on any atom is -0.207 e. The molecule has 0 aliphatic rings. The molecule has 0 heterocycles. The normalized spacial score (nSPS) is 13.0. The van der Waals surface area contributed by atoms with Gasteiger partial charge in [0.15, 0.2) is 0 Å². The topological polar surface area (TPSA) is 70.0 Å². The van der Waals surface area contributed by atoms with Gasteiger partial charge in [-0.15, -0.1) is 0 Å². The molecule has 0 fully saturated rings. The molecule has 0 saturated carbocycles. The van der Waals surface area contributed by atoms with E-state index in [1.54, 1.807) is 34.6 Å². The van der Waals surface area contributed by atoms with Crippen LogP contribution < -0.4 is 4.72 Å². The minimum atomic E-state index is -3.76. The summed E-state index contributed by atoms with van der Waals surface area (Å²) in [6, 6.07) is 5.88. The molecule has 116 valence electrons. The van der Waals surface area contributed by atoms with Crippen molar-refractivity contribution in [1.29, 1.82) is 5.26 Å².